The molecule has 0 aromatic rings. The molecule has 0 heterocycles. The summed E-state index contributed by atoms with van der Waals surface area (Å²) in [6, 6.07) is 0. The van der Waals surface area contributed by atoms with Gasteiger partial charge in [-0.2, -0.15) is 24.9 Å². The molecule has 0 nitrogen and oxygen atoms in total. The van der Waals surface area contributed by atoms with Gasteiger partial charge in [0.15, 0.2) is 0 Å². The van der Waals surface area contributed by atoms with Crippen molar-refractivity contribution in [1.82, 2.24) is 0 Å². The van der Waals surface area contributed by atoms with E-state index in [-0.39, 0.29) is 0 Å². The molecule has 0 bridgehead atoms. The van der Waals surface area contributed by atoms with Crippen LogP contribution in [0.25, 0.3) is 0 Å². The fourth-order valence-electron chi connectivity index (χ4n) is 0.218. The van der Waals surface area contributed by atoms with Crippen LogP contribution in [-0.2, 0) is 0 Å². The summed E-state index contributed by atoms with van der Waals surface area (Å²) in [5, 5.41) is 0. The molecule has 0 amide bonds. The predicted molar refractivity (Wildman–Crippen MR) is 40.4 cm³/mol. The van der Waals surface area contributed by atoms with Gasteiger partial charge in [0.2, 0.25) is 0 Å². The van der Waals surface area contributed by atoms with E-state index < -0.39 is 11.9 Å². The van der Waals surface area contributed by atoms with Crippen molar-refractivity contribution >= 4 is 11.8 Å². The number of alkyl halides is 3. The van der Waals surface area contributed by atoms with E-state index in [1.807, 2.05) is 13.8 Å². The highest BCUT2D eigenvalue weighted by Crippen LogP contribution is 2.20. The van der Waals surface area contributed by atoms with E-state index in [1.165, 1.54) is 0 Å². The highest BCUT2D eigenvalue weighted by atomic mass is 32.2. The zero-order valence-electron chi connectivity index (χ0n) is 6.46. The van der Waals surface area contributed by atoms with Crippen LogP contribution in [0.4, 0.5) is 13.2 Å². The van der Waals surface area contributed by atoms with Crippen molar-refractivity contribution < 1.29 is 13.2 Å². The lowest BCUT2D eigenvalue weighted by molar-refractivity contribution is -0.105. The summed E-state index contributed by atoms with van der Waals surface area (Å²) in [4.78, 5) is 0. The SMILES string of the molecule is CC.CCSCC(F)(F)F. The Kier molecular flexibility index (Phi) is 9.27. The maximum Gasteiger partial charge on any atom is 0.397 e. The summed E-state index contributed by atoms with van der Waals surface area (Å²) in [6.07, 6.45) is -3.99. The number of hydrogen-bond acceptors (Lipinski definition) is 1. The highest BCUT2D eigenvalue weighted by molar-refractivity contribution is 7.99. The van der Waals surface area contributed by atoms with Crippen LogP contribution < -0.4 is 0 Å². The molecular formula is C6H13F3S. The Bertz CT molecular complexity index is 60.5. The fraction of sp³-hybridized carbons (Fsp3) is 1.00. The van der Waals surface area contributed by atoms with E-state index in [1.54, 1.807) is 6.92 Å². The number of rotatable bonds is 2. The maximum atomic E-state index is 11.2. The summed E-state index contributed by atoms with van der Waals surface area (Å²) in [5.41, 5.74) is 0. The molecule has 0 saturated heterocycles. The van der Waals surface area contributed by atoms with Gasteiger partial charge in [0.25, 0.3) is 0 Å². The van der Waals surface area contributed by atoms with Crippen molar-refractivity contribution in [3.05, 3.63) is 0 Å². The molecule has 0 atom stereocenters. The largest absolute Gasteiger partial charge is 0.397 e. The maximum absolute atomic E-state index is 11.2. The van der Waals surface area contributed by atoms with E-state index in [0.717, 1.165) is 11.8 Å². The Morgan fingerprint density at radius 1 is 1.20 bits per heavy atom. The molecule has 0 N–H and O–H groups in total. The Morgan fingerprint density at radius 3 is 1.70 bits per heavy atom. The summed E-state index contributed by atoms with van der Waals surface area (Å²) in [5.74, 6) is -0.191. The molecule has 10 heavy (non-hydrogen) atoms. The van der Waals surface area contributed by atoms with Gasteiger partial charge < -0.3 is 0 Å². The summed E-state index contributed by atoms with van der Waals surface area (Å²) in [6.45, 7) is 5.70. The Labute approximate surface area is 64.2 Å². The van der Waals surface area contributed by atoms with E-state index in [2.05, 4.69) is 0 Å². The van der Waals surface area contributed by atoms with Gasteiger partial charge in [-0.3, -0.25) is 0 Å². The van der Waals surface area contributed by atoms with Gasteiger partial charge >= 0.3 is 6.18 Å². The van der Waals surface area contributed by atoms with E-state index >= 15 is 0 Å². The first-order valence-electron chi connectivity index (χ1n) is 3.20. The van der Waals surface area contributed by atoms with Crippen LogP contribution in [0, 0.1) is 0 Å². The van der Waals surface area contributed by atoms with Crippen molar-refractivity contribution in [2.45, 2.75) is 26.9 Å². The molecule has 0 aliphatic carbocycles. The quantitative estimate of drug-likeness (QED) is 0.618. The van der Waals surface area contributed by atoms with Gasteiger partial charge in [0.05, 0.1) is 5.75 Å². The van der Waals surface area contributed by atoms with Gasteiger partial charge in [-0.1, -0.05) is 20.8 Å². The molecule has 0 aromatic heterocycles. The molecular weight excluding hydrogens is 161 g/mol. The summed E-state index contributed by atoms with van der Waals surface area (Å²) >= 11 is 0.890. The lowest BCUT2D eigenvalue weighted by Crippen LogP contribution is -2.10. The van der Waals surface area contributed by atoms with Crippen LogP contribution in [0.5, 0.6) is 0 Å². The first-order valence-corrected chi connectivity index (χ1v) is 4.36. The zero-order chi connectivity index (χ0) is 8.62. The van der Waals surface area contributed by atoms with Gasteiger partial charge in [0.1, 0.15) is 0 Å². The van der Waals surface area contributed by atoms with Gasteiger partial charge in [0, 0.05) is 0 Å². The van der Waals surface area contributed by atoms with Crippen LogP contribution >= 0.6 is 11.8 Å². The van der Waals surface area contributed by atoms with E-state index in [0.29, 0.717) is 5.75 Å². The minimum absolute atomic E-state index is 0.527. The Hall–Kier alpha value is 0.140. The summed E-state index contributed by atoms with van der Waals surface area (Å²) in [7, 11) is 0. The average molecular weight is 174 g/mol. The van der Waals surface area contributed by atoms with Crippen molar-refractivity contribution in [3.8, 4) is 0 Å². The van der Waals surface area contributed by atoms with Gasteiger partial charge in [-0.05, 0) is 5.75 Å². The third-order valence-electron chi connectivity index (χ3n) is 0.470. The predicted octanol–water partition coefficient (Wildman–Crippen LogP) is 3.33. The van der Waals surface area contributed by atoms with Crippen LogP contribution in [-0.4, -0.2) is 17.7 Å². The Morgan fingerprint density at radius 2 is 1.60 bits per heavy atom. The lowest BCUT2D eigenvalue weighted by atomic mass is 10.8. The number of hydrogen-bond donors (Lipinski definition) is 0. The zero-order valence-corrected chi connectivity index (χ0v) is 7.27. The molecule has 0 aliphatic heterocycles. The molecule has 0 spiro atoms. The molecule has 64 valence electrons. The van der Waals surface area contributed by atoms with Crippen LogP contribution in [0.3, 0.4) is 0 Å². The standard InChI is InChI=1S/C4H7F3S.C2H6/c1-2-8-3-4(5,6)7;1-2/h2-3H2,1H3;1-2H3. The van der Waals surface area contributed by atoms with Crippen LogP contribution in [0.2, 0.25) is 0 Å². The molecule has 0 unspecified atom stereocenters. The second kappa shape index (κ2) is 7.25. The van der Waals surface area contributed by atoms with Crippen LogP contribution in [0.15, 0.2) is 0 Å². The normalized spacial score (nSPS) is 10.2. The molecule has 0 radical (unpaired) electrons. The average Bonchev–Trinajstić information content (AvgIpc) is 1.87. The monoisotopic (exact) mass is 174 g/mol. The topological polar surface area (TPSA) is 0 Å². The number of halogens is 3. The summed E-state index contributed by atoms with van der Waals surface area (Å²) < 4.78 is 33.7. The molecule has 0 saturated carbocycles. The van der Waals surface area contributed by atoms with Crippen molar-refractivity contribution in [2.24, 2.45) is 0 Å². The third-order valence-corrected chi connectivity index (χ3v) is 1.41. The van der Waals surface area contributed by atoms with Crippen LogP contribution in [0.1, 0.15) is 20.8 Å². The highest BCUT2D eigenvalue weighted by Gasteiger charge is 2.25. The van der Waals surface area contributed by atoms with Crippen molar-refractivity contribution in [3.63, 3.8) is 0 Å². The lowest BCUT2D eigenvalue weighted by Gasteiger charge is -2.01. The first kappa shape index (κ1) is 12.8. The third kappa shape index (κ3) is 15.7. The molecule has 0 aliphatic rings. The minimum Gasteiger partial charge on any atom is -0.170 e. The molecule has 0 fully saturated rings. The van der Waals surface area contributed by atoms with Crippen molar-refractivity contribution in [1.29, 1.82) is 0 Å². The fourth-order valence-corrected chi connectivity index (χ4v) is 0.653. The molecule has 0 aromatic carbocycles. The minimum atomic E-state index is -3.99. The van der Waals surface area contributed by atoms with Crippen molar-refractivity contribution in [2.75, 3.05) is 11.5 Å². The van der Waals surface area contributed by atoms with Gasteiger partial charge in [-0.25, -0.2) is 0 Å². The van der Waals surface area contributed by atoms with E-state index in [9.17, 15) is 13.2 Å². The smallest absolute Gasteiger partial charge is 0.170 e. The second-order valence-electron chi connectivity index (χ2n) is 1.25. The van der Waals surface area contributed by atoms with E-state index in [4.69, 9.17) is 0 Å². The first-order chi connectivity index (χ1) is 4.56. The number of thioether (sulfide) groups is 1. The Balaban J connectivity index is 0. The molecule has 0 rings (SSSR count). The second-order valence-corrected chi connectivity index (χ2v) is 2.53. The van der Waals surface area contributed by atoms with Gasteiger partial charge in [-0.15, -0.1) is 0 Å². The molecule has 4 heteroatoms.